The average Bonchev–Trinajstić information content (AvgIpc) is 3.13. The molecule has 5 fully saturated rings. The standard InChI is InChI=1S/C30H48O3/c1-18(2)19-10-15-30(25(32)33)17-16-28(6)20(24(19)30)8-9-22-27(5)13-12-23(31)26(3,4)21(27)11-14-29(22,28)7/h18-22,24H,8-17H2,1-7H3,(H,32,33)/t19-,20+,21-,22+,24+,27-,28+,29+,30-/m0/s1. The Bertz CT molecular complexity index is 859. The van der Waals surface area contributed by atoms with Crippen LogP contribution in [-0.4, -0.2) is 16.9 Å². The van der Waals surface area contributed by atoms with E-state index in [1.807, 2.05) is 0 Å². The normalized spacial score (nSPS) is 53.1. The third-order valence-corrected chi connectivity index (χ3v) is 13.5. The zero-order valence-corrected chi connectivity index (χ0v) is 22.3. The van der Waals surface area contributed by atoms with E-state index in [9.17, 15) is 14.7 Å². The molecule has 0 aromatic heterocycles. The molecule has 0 unspecified atom stereocenters. The minimum atomic E-state index is -0.506. The molecular weight excluding hydrogens is 408 g/mol. The van der Waals surface area contributed by atoms with Gasteiger partial charge in [0, 0.05) is 11.8 Å². The highest BCUT2D eigenvalue weighted by Gasteiger charge is 2.72. The second-order valence-electron chi connectivity index (χ2n) is 14.7. The van der Waals surface area contributed by atoms with Crippen LogP contribution >= 0.6 is 0 Å². The number of carboxylic acid groups (broad SMARTS) is 1. The molecule has 3 nitrogen and oxygen atoms in total. The Kier molecular flexibility index (Phi) is 5.13. The predicted octanol–water partition coefficient (Wildman–Crippen LogP) is 7.38. The van der Waals surface area contributed by atoms with Crippen LogP contribution in [0.2, 0.25) is 0 Å². The van der Waals surface area contributed by atoms with Crippen molar-refractivity contribution >= 4 is 11.8 Å². The van der Waals surface area contributed by atoms with E-state index < -0.39 is 11.4 Å². The van der Waals surface area contributed by atoms with Crippen molar-refractivity contribution in [2.45, 2.75) is 113 Å². The second kappa shape index (κ2) is 7.10. The Hall–Kier alpha value is -0.860. The number of carboxylic acids is 1. The summed E-state index contributed by atoms with van der Waals surface area (Å²) in [5.74, 6) is 3.07. The third kappa shape index (κ3) is 2.75. The number of fused-ring (bicyclic) bond motifs is 7. The molecule has 0 heterocycles. The topological polar surface area (TPSA) is 54.4 Å². The average molecular weight is 457 g/mol. The summed E-state index contributed by atoms with van der Waals surface area (Å²) in [5.41, 5.74) is -0.0101. The molecule has 1 N–H and O–H groups in total. The highest BCUT2D eigenvalue weighted by Crippen LogP contribution is 2.77. The molecule has 5 saturated carbocycles. The molecule has 33 heavy (non-hydrogen) atoms. The molecule has 0 spiro atoms. The SMILES string of the molecule is CC(C)[C@@H]1CC[C@]2(C(=O)O)CC[C@]3(C)[C@H](CC[C@@H]4[C@@]5(C)CCC(=O)C(C)(C)[C@@H]5CC[C@]43C)[C@@H]12. The second-order valence-corrected chi connectivity index (χ2v) is 14.7. The van der Waals surface area contributed by atoms with Crippen LogP contribution in [0, 0.1) is 62.6 Å². The van der Waals surface area contributed by atoms with Gasteiger partial charge >= 0.3 is 5.97 Å². The van der Waals surface area contributed by atoms with E-state index in [1.165, 1.54) is 19.3 Å². The van der Waals surface area contributed by atoms with Crippen LogP contribution in [0.5, 0.6) is 0 Å². The molecule has 3 heteroatoms. The summed E-state index contributed by atoms with van der Waals surface area (Å²) >= 11 is 0. The molecule has 0 aliphatic heterocycles. The zero-order chi connectivity index (χ0) is 24.2. The molecule has 0 aromatic rings. The van der Waals surface area contributed by atoms with E-state index in [-0.39, 0.29) is 21.7 Å². The molecule has 9 atom stereocenters. The maximum atomic E-state index is 12.9. The fourth-order valence-electron chi connectivity index (χ4n) is 11.6. The van der Waals surface area contributed by atoms with Crippen molar-refractivity contribution in [1.82, 2.24) is 0 Å². The first-order valence-corrected chi connectivity index (χ1v) is 14.0. The number of rotatable bonds is 2. The summed E-state index contributed by atoms with van der Waals surface area (Å²) in [7, 11) is 0. The van der Waals surface area contributed by atoms with E-state index in [2.05, 4.69) is 48.5 Å². The fraction of sp³-hybridized carbons (Fsp3) is 0.933. The Morgan fingerprint density at radius 2 is 1.55 bits per heavy atom. The molecular formula is C30H48O3. The Balaban J connectivity index is 1.56. The molecule has 5 aliphatic rings. The summed E-state index contributed by atoms with van der Waals surface area (Å²) in [6, 6.07) is 0. The number of Topliss-reactive ketones (excluding diaryl/α,β-unsaturated/α-hetero) is 1. The van der Waals surface area contributed by atoms with Gasteiger partial charge in [-0.1, -0.05) is 48.5 Å². The lowest BCUT2D eigenvalue weighted by atomic mass is 9.32. The molecule has 0 radical (unpaired) electrons. The maximum absolute atomic E-state index is 12.9. The van der Waals surface area contributed by atoms with E-state index in [0.29, 0.717) is 41.3 Å². The lowest BCUT2D eigenvalue weighted by Crippen LogP contribution is -2.66. The molecule has 0 aromatic carbocycles. The minimum Gasteiger partial charge on any atom is -0.481 e. The molecule has 186 valence electrons. The quantitative estimate of drug-likeness (QED) is 0.471. The van der Waals surface area contributed by atoms with Crippen molar-refractivity contribution < 1.29 is 14.7 Å². The van der Waals surface area contributed by atoms with Crippen molar-refractivity contribution in [3.63, 3.8) is 0 Å². The van der Waals surface area contributed by atoms with E-state index in [4.69, 9.17) is 0 Å². The lowest BCUT2D eigenvalue weighted by Gasteiger charge is -2.72. The third-order valence-electron chi connectivity index (χ3n) is 13.5. The summed E-state index contributed by atoms with van der Waals surface area (Å²) < 4.78 is 0. The van der Waals surface area contributed by atoms with Crippen LogP contribution in [-0.2, 0) is 9.59 Å². The molecule has 0 amide bonds. The monoisotopic (exact) mass is 456 g/mol. The lowest BCUT2D eigenvalue weighted by molar-refractivity contribution is -0.237. The molecule has 5 rings (SSSR count). The van der Waals surface area contributed by atoms with Crippen molar-refractivity contribution in [3.8, 4) is 0 Å². The van der Waals surface area contributed by atoms with Crippen LogP contribution < -0.4 is 0 Å². The number of hydrogen-bond acceptors (Lipinski definition) is 2. The summed E-state index contributed by atoms with van der Waals surface area (Å²) in [6.07, 6.45) is 10.5. The van der Waals surface area contributed by atoms with E-state index in [1.54, 1.807) is 0 Å². The predicted molar refractivity (Wildman–Crippen MR) is 132 cm³/mol. The Morgan fingerprint density at radius 1 is 0.848 bits per heavy atom. The van der Waals surface area contributed by atoms with Gasteiger partial charge in [0.2, 0.25) is 0 Å². The van der Waals surface area contributed by atoms with Crippen molar-refractivity contribution in [2.75, 3.05) is 0 Å². The van der Waals surface area contributed by atoms with Crippen LogP contribution in [0.4, 0.5) is 0 Å². The fourth-order valence-corrected chi connectivity index (χ4v) is 11.6. The van der Waals surface area contributed by atoms with Gasteiger partial charge < -0.3 is 5.11 Å². The Morgan fingerprint density at radius 3 is 2.18 bits per heavy atom. The zero-order valence-electron chi connectivity index (χ0n) is 22.3. The van der Waals surface area contributed by atoms with Gasteiger partial charge in [-0.3, -0.25) is 9.59 Å². The van der Waals surface area contributed by atoms with Crippen molar-refractivity contribution in [3.05, 3.63) is 0 Å². The smallest absolute Gasteiger partial charge is 0.309 e. The van der Waals surface area contributed by atoms with Gasteiger partial charge in [-0.05, 0) is 110 Å². The number of carbonyl (C=O) groups is 2. The van der Waals surface area contributed by atoms with Crippen molar-refractivity contribution in [1.29, 1.82) is 0 Å². The number of aliphatic carboxylic acids is 1. The minimum absolute atomic E-state index is 0.203. The van der Waals surface area contributed by atoms with Gasteiger partial charge in [0.15, 0.2) is 0 Å². The molecule has 5 aliphatic carbocycles. The van der Waals surface area contributed by atoms with Gasteiger partial charge in [-0.2, -0.15) is 0 Å². The van der Waals surface area contributed by atoms with Gasteiger partial charge in [0.25, 0.3) is 0 Å². The number of hydrogen-bond donors (Lipinski definition) is 1. The van der Waals surface area contributed by atoms with Gasteiger partial charge in [-0.15, -0.1) is 0 Å². The van der Waals surface area contributed by atoms with Crippen molar-refractivity contribution in [2.24, 2.45) is 62.6 Å². The van der Waals surface area contributed by atoms with Gasteiger partial charge in [0.05, 0.1) is 5.41 Å². The van der Waals surface area contributed by atoms with Gasteiger partial charge in [-0.25, -0.2) is 0 Å². The highest BCUT2D eigenvalue weighted by molar-refractivity contribution is 5.85. The van der Waals surface area contributed by atoms with E-state index >= 15 is 0 Å². The summed E-state index contributed by atoms with van der Waals surface area (Å²) in [4.78, 5) is 25.7. The number of carbonyl (C=O) groups excluding carboxylic acids is 1. The summed E-state index contributed by atoms with van der Waals surface area (Å²) in [5, 5.41) is 10.5. The first kappa shape index (κ1) is 23.9. The maximum Gasteiger partial charge on any atom is 0.309 e. The summed E-state index contributed by atoms with van der Waals surface area (Å²) in [6.45, 7) is 16.8. The van der Waals surface area contributed by atoms with Crippen LogP contribution in [0.25, 0.3) is 0 Å². The van der Waals surface area contributed by atoms with Crippen LogP contribution in [0.3, 0.4) is 0 Å². The highest BCUT2D eigenvalue weighted by atomic mass is 16.4. The number of ketones is 1. The largest absolute Gasteiger partial charge is 0.481 e. The van der Waals surface area contributed by atoms with Crippen LogP contribution in [0.15, 0.2) is 0 Å². The molecule has 0 bridgehead atoms. The van der Waals surface area contributed by atoms with Crippen LogP contribution in [0.1, 0.15) is 113 Å². The van der Waals surface area contributed by atoms with E-state index in [0.717, 1.165) is 44.9 Å². The first-order chi connectivity index (χ1) is 15.3. The first-order valence-electron chi connectivity index (χ1n) is 14.0. The van der Waals surface area contributed by atoms with Gasteiger partial charge in [0.1, 0.15) is 5.78 Å². The Labute approximate surface area is 201 Å². The molecule has 0 saturated heterocycles.